The zero-order valence-electron chi connectivity index (χ0n) is 11.1. The Morgan fingerprint density at radius 2 is 2.11 bits per heavy atom. The molecule has 0 radical (unpaired) electrons. The molecular formula is C16H17N3. The Kier molecular flexibility index (Phi) is 4.66. The first kappa shape index (κ1) is 13.3. The van der Waals surface area contributed by atoms with E-state index in [-0.39, 0.29) is 0 Å². The Labute approximate surface area is 113 Å². The Bertz CT molecular complexity index is 585. The molecule has 0 fully saturated rings. The minimum atomic E-state index is 0.471. The molecule has 3 heteroatoms. The van der Waals surface area contributed by atoms with Crippen LogP contribution < -0.4 is 5.32 Å². The molecule has 2 aromatic rings. The maximum Gasteiger partial charge on any atom is 0.140 e. The van der Waals surface area contributed by atoms with E-state index in [0.29, 0.717) is 5.69 Å². The third kappa shape index (κ3) is 3.90. The van der Waals surface area contributed by atoms with Crippen LogP contribution in [0.5, 0.6) is 0 Å². The summed E-state index contributed by atoms with van der Waals surface area (Å²) < 4.78 is 0. The summed E-state index contributed by atoms with van der Waals surface area (Å²) in [5.74, 6) is 0. The summed E-state index contributed by atoms with van der Waals surface area (Å²) in [6, 6.07) is 14.2. The van der Waals surface area contributed by atoms with Gasteiger partial charge >= 0.3 is 0 Å². The van der Waals surface area contributed by atoms with Crippen molar-refractivity contribution in [2.45, 2.75) is 19.9 Å². The standard InChI is InChI=1S/C16H17N3/c1-13-4-2-3-5-15(13)7-8-18-12-14-6-9-19-16(10-14)11-17/h2-6,9-10,18H,7-8,12H2,1H3. The number of hydrogen-bond acceptors (Lipinski definition) is 3. The lowest BCUT2D eigenvalue weighted by atomic mass is 10.1. The minimum absolute atomic E-state index is 0.471. The third-order valence-corrected chi connectivity index (χ3v) is 3.10. The molecule has 0 aliphatic carbocycles. The molecule has 19 heavy (non-hydrogen) atoms. The largest absolute Gasteiger partial charge is 0.312 e. The quantitative estimate of drug-likeness (QED) is 0.831. The first-order valence-electron chi connectivity index (χ1n) is 6.40. The van der Waals surface area contributed by atoms with Gasteiger partial charge in [0, 0.05) is 12.7 Å². The lowest BCUT2D eigenvalue weighted by Gasteiger charge is -2.07. The van der Waals surface area contributed by atoms with Crippen molar-refractivity contribution in [1.29, 1.82) is 5.26 Å². The number of aromatic nitrogens is 1. The zero-order chi connectivity index (χ0) is 13.5. The van der Waals surface area contributed by atoms with Gasteiger partial charge in [0.2, 0.25) is 0 Å². The summed E-state index contributed by atoms with van der Waals surface area (Å²) in [5, 5.41) is 12.2. The Hall–Kier alpha value is -2.18. The summed E-state index contributed by atoms with van der Waals surface area (Å²) in [6.45, 7) is 3.83. The number of hydrogen-bond donors (Lipinski definition) is 1. The van der Waals surface area contributed by atoms with Crippen molar-refractivity contribution in [2.75, 3.05) is 6.54 Å². The van der Waals surface area contributed by atoms with Crippen molar-refractivity contribution in [3.05, 3.63) is 65.0 Å². The fourth-order valence-corrected chi connectivity index (χ4v) is 1.99. The smallest absolute Gasteiger partial charge is 0.140 e. The van der Waals surface area contributed by atoms with E-state index < -0.39 is 0 Å². The Morgan fingerprint density at radius 1 is 1.26 bits per heavy atom. The van der Waals surface area contributed by atoms with E-state index in [2.05, 4.69) is 47.6 Å². The average molecular weight is 251 g/mol. The molecule has 1 N–H and O–H groups in total. The SMILES string of the molecule is Cc1ccccc1CCNCc1ccnc(C#N)c1. The molecule has 0 aliphatic heterocycles. The first-order chi connectivity index (χ1) is 9.29. The van der Waals surface area contributed by atoms with E-state index in [0.717, 1.165) is 25.1 Å². The van der Waals surface area contributed by atoms with Crippen LogP contribution in [0.3, 0.4) is 0 Å². The van der Waals surface area contributed by atoms with Crippen molar-refractivity contribution in [2.24, 2.45) is 0 Å². The number of rotatable bonds is 5. The number of pyridine rings is 1. The second-order valence-electron chi connectivity index (χ2n) is 4.51. The van der Waals surface area contributed by atoms with Crippen LogP contribution in [0, 0.1) is 18.3 Å². The third-order valence-electron chi connectivity index (χ3n) is 3.10. The lowest BCUT2D eigenvalue weighted by Crippen LogP contribution is -2.17. The van der Waals surface area contributed by atoms with Crippen LogP contribution in [0.1, 0.15) is 22.4 Å². The van der Waals surface area contributed by atoms with Crippen molar-refractivity contribution in [1.82, 2.24) is 10.3 Å². The lowest BCUT2D eigenvalue weighted by molar-refractivity contribution is 0.685. The second-order valence-corrected chi connectivity index (χ2v) is 4.51. The van der Waals surface area contributed by atoms with E-state index >= 15 is 0 Å². The van der Waals surface area contributed by atoms with Gasteiger partial charge in [-0.25, -0.2) is 4.98 Å². The molecule has 0 amide bonds. The van der Waals surface area contributed by atoms with E-state index in [1.54, 1.807) is 6.20 Å². The van der Waals surface area contributed by atoms with Crippen LogP contribution in [-0.4, -0.2) is 11.5 Å². The molecule has 1 aromatic carbocycles. The Balaban J connectivity index is 1.81. The van der Waals surface area contributed by atoms with Gasteiger partial charge in [-0.2, -0.15) is 5.26 Å². The molecule has 2 rings (SSSR count). The second kappa shape index (κ2) is 6.67. The van der Waals surface area contributed by atoms with Gasteiger partial charge in [-0.15, -0.1) is 0 Å². The highest BCUT2D eigenvalue weighted by molar-refractivity contribution is 5.26. The molecular weight excluding hydrogens is 234 g/mol. The van der Waals surface area contributed by atoms with Gasteiger partial charge in [0.05, 0.1) is 0 Å². The van der Waals surface area contributed by atoms with Gasteiger partial charge in [0.15, 0.2) is 0 Å². The summed E-state index contributed by atoms with van der Waals surface area (Å²) in [6.07, 6.45) is 2.69. The first-order valence-corrected chi connectivity index (χ1v) is 6.40. The van der Waals surface area contributed by atoms with Crippen molar-refractivity contribution >= 4 is 0 Å². The topological polar surface area (TPSA) is 48.7 Å². The van der Waals surface area contributed by atoms with Crippen LogP contribution in [0.4, 0.5) is 0 Å². The van der Waals surface area contributed by atoms with Crippen LogP contribution in [0.2, 0.25) is 0 Å². The van der Waals surface area contributed by atoms with E-state index in [9.17, 15) is 0 Å². The van der Waals surface area contributed by atoms with Gasteiger partial charge in [-0.1, -0.05) is 24.3 Å². The van der Waals surface area contributed by atoms with Gasteiger partial charge in [-0.05, 0) is 48.7 Å². The molecule has 96 valence electrons. The average Bonchev–Trinajstić information content (AvgIpc) is 2.45. The summed E-state index contributed by atoms with van der Waals surface area (Å²) in [4.78, 5) is 3.96. The molecule has 0 spiro atoms. The highest BCUT2D eigenvalue weighted by atomic mass is 14.8. The molecule has 1 heterocycles. The molecule has 0 atom stereocenters. The van der Waals surface area contributed by atoms with Gasteiger partial charge in [0.25, 0.3) is 0 Å². The fourth-order valence-electron chi connectivity index (χ4n) is 1.99. The molecule has 0 saturated carbocycles. The number of nitriles is 1. The summed E-state index contributed by atoms with van der Waals surface area (Å²) in [5.41, 5.74) is 4.27. The number of benzene rings is 1. The summed E-state index contributed by atoms with van der Waals surface area (Å²) in [7, 11) is 0. The minimum Gasteiger partial charge on any atom is -0.312 e. The highest BCUT2D eigenvalue weighted by Crippen LogP contribution is 2.07. The molecule has 0 bridgehead atoms. The zero-order valence-corrected chi connectivity index (χ0v) is 11.1. The maximum absolute atomic E-state index is 8.78. The van der Waals surface area contributed by atoms with E-state index in [1.807, 2.05) is 12.1 Å². The van der Waals surface area contributed by atoms with Crippen molar-refractivity contribution in [3.63, 3.8) is 0 Å². The van der Waals surface area contributed by atoms with E-state index in [1.165, 1.54) is 11.1 Å². The molecule has 3 nitrogen and oxygen atoms in total. The molecule has 1 aromatic heterocycles. The Morgan fingerprint density at radius 3 is 2.89 bits per heavy atom. The van der Waals surface area contributed by atoms with E-state index in [4.69, 9.17) is 5.26 Å². The van der Waals surface area contributed by atoms with Crippen LogP contribution in [0.15, 0.2) is 42.6 Å². The number of aryl methyl sites for hydroxylation is 1. The fraction of sp³-hybridized carbons (Fsp3) is 0.250. The monoisotopic (exact) mass is 251 g/mol. The molecule has 0 saturated heterocycles. The van der Waals surface area contributed by atoms with Gasteiger partial charge < -0.3 is 5.32 Å². The maximum atomic E-state index is 8.78. The number of nitrogens with one attached hydrogen (secondary N) is 1. The van der Waals surface area contributed by atoms with Crippen molar-refractivity contribution < 1.29 is 0 Å². The summed E-state index contributed by atoms with van der Waals surface area (Å²) >= 11 is 0. The van der Waals surface area contributed by atoms with Gasteiger partial charge in [-0.3, -0.25) is 0 Å². The number of nitrogens with zero attached hydrogens (tertiary/aromatic N) is 2. The van der Waals surface area contributed by atoms with Gasteiger partial charge in [0.1, 0.15) is 11.8 Å². The van der Waals surface area contributed by atoms with Crippen molar-refractivity contribution in [3.8, 4) is 6.07 Å². The molecule has 0 aliphatic rings. The molecule has 0 unspecified atom stereocenters. The van der Waals surface area contributed by atoms with Crippen LogP contribution in [0.25, 0.3) is 0 Å². The normalized spacial score (nSPS) is 10.1. The van der Waals surface area contributed by atoms with Crippen LogP contribution in [-0.2, 0) is 13.0 Å². The predicted molar refractivity (Wildman–Crippen MR) is 75.5 cm³/mol. The highest BCUT2D eigenvalue weighted by Gasteiger charge is 1.98. The predicted octanol–water partition coefficient (Wildman–Crippen LogP) is 2.59. The van der Waals surface area contributed by atoms with Crippen LogP contribution >= 0.6 is 0 Å².